The van der Waals surface area contributed by atoms with Gasteiger partial charge in [-0.2, -0.15) is 4.72 Å². The SMILES string of the molecule is CCCCCCCCOC(=O)[C@@H](NS(=O)(=O)c1ccc(C)cc1)[C@H](O)c1ccccc1. The van der Waals surface area contributed by atoms with Crippen LogP contribution >= 0.6 is 0 Å². The van der Waals surface area contributed by atoms with E-state index >= 15 is 0 Å². The number of benzene rings is 2. The molecule has 2 aromatic rings. The van der Waals surface area contributed by atoms with E-state index in [4.69, 9.17) is 4.74 Å². The lowest BCUT2D eigenvalue weighted by Gasteiger charge is -2.23. The van der Waals surface area contributed by atoms with Crippen LogP contribution in [0.5, 0.6) is 0 Å². The molecule has 0 heterocycles. The Morgan fingerprint density at radius 1 is 0.968 bits per heavy atom. The molecule has 0 aliphatic rings. The molecule has 2 aromatic carbocycles. The van der Waals surface area contributed by atoms with Gasteiger partial charge in [0.15, 0.2) is 0 Å². The summed E-state index contributed by atoms with van der Waals surface area (Å²) < 4.78 is 33.4. The van der Waals surface area contributed by atoms with Gasteiger partial charge in [0.25, 0.3) is 0 Å². The number of hydrogen-bond acceptors (Lipinski definition) is 5. The molecule has 170 valence electrons. The molecule has 0 aromatic heterocycles. The largest absolute Gasteiger partial charge is 0.464 e. The highest BCUT2D eigenvalue weighted by molar-refractivity contribution is 7.89. The van der Waals surface area contributed by atoms with Gasteiger partial charge >= 0.3 is 5.97 Å². The Morgan fingerprint density at radius 3 is 2.23 bits per heavy atom. The molecule has 0 saturated carbocycles. The molecule has 7 heteroatoms. The highest BCUT2D eigenvalue weighted by Gasteiger charge is 2.34. The maximum atomic E-state index is 12.8. The van der Waals surface area contributed by atoms with Gasteiger partial charge in [-0.05, 0) is 31.0 Å². The van der Waals surface area contributed by atoms with Crippen molar-refractivity contribution in [3.8, 4) is 0 Å². The lowest BCUT2D eigenvalue weighted by atomic mass is 10.0. The number of aryl methyl sites for hydroxylation is 1. The van der Waals surface area contributed by atoms with E-state index in [2.05, 4.69) is 11.6 Å². The number of aliphatic hydroxyl groups excluding tert-OH is 1. The molecule has 0 fully saturated rings. The first-order chi connectivity index (χ1) is 14.8. The predicted octanol–water partition coefficient (Wildman–Crippen LogP) is 4.28. The van der Waals surface area contributed by atoms with Gasteiger partial charge in [0, 0.05) is 0 Å². The van der Waals surface area contributed by atoms with Gasteiger partial charge < -0.3 is 9.84 Å². The van der Waals surface area contributed by atoms with Crippen LogP contribution in [0, 0.1) is 6.92 Å². The summed E-state index contributed by atoms with van der Waals surface area (Å²) in [4.78, 5) is 12.8. The van der Waals surface area contributed by atoms with Crippen molar-refractivity contribution < 1.29 is 23.1 Å². The average Bonchev–Trinajstić information content (AvgIpc) is 2.77. The zero-order valence-electron chi connectivity index (χ0n) is 18.3. The summed E-state index contributed by atoms with van der Waals surface area (Å²) in [6.07, 6.45) is 4.83. The van der Waals surface area contributed by atoms with E-state index in [1.165, 1.54) is 18.6 Å². The summed E-state index contributed by atoms with van der Waals surface area (Å²) in [5.74, 6) is -0.791. The number of carbonyl (C=O) groups is 1. The van der Waals surface area contributed by atoms with Gasteiger partial charge in [0.2, 0.25) is 10.0 Å². The monoisotopic (exact) mass is 447 g/mol. The van der Waals surface area contributed by atoms with Crippen LogP contribution in [0.3, 0.4) is 0 Å². The van der Waals surface area contributed by atoms with E-state index in [0.29, 0.717) is 12.0 Å². The number of ether oxygens (including phenoxy) is 1. The van der Waals surface area contributed by atoms with E-state index in [0.717, 1.165) is 31.2 Å². The van der Waals surface area contributed by atoms with Crippen LogP contribution in [0.1, 0.15) is 62.7 Å². The number of rotatable bonds is 13. The molecule has 0 spiro atoms. The average molecular weight is 448 g/mol. The number of hydrogen-bond donors (Lipinski definition) is 2. The van der Waals surface area contributed by atoms with Crippen molar-refractivity contribution in [2.24, 2.45) is 0 Å². The number of unbranched alkanes of at least 4 members (excludes halogenated alkanes) is 5. The molecule has 0 amide bonds. The minimum atomic E-state index is -4.03. The Kier molecular flexibility index (Phi) is 10.2. The first-order valence-corrected chi connectivity index (χ1v) is 12.3. The van der Waals surface area contributed by atoms with Crippen molar-refractivity contribution in [3.05, 3.63) is 65.7 Å². The smallest absolute Gasteiger partial charge is 0.327 e. The Morgan fingerprint density at radius 2 is 1.58 bits per heavy atom. The summed E-state index contributed by atoms with van der Waals surface area (Å²) in [5.41, 5.74) is 1.34. The molecule has 0 radical (unpaired) electrons. The summed E-state index contributed by atoms with van der Waals surface area (Å²) in [6, 6.07) is 13.3. The third-order valence-corrected chi connectivity index (χ3v) is 6.52. The van der Waals surface area contributed by atoms with Crippen molar-refractivity contribution in [3.63, 3.8) is 0 Å². The van der Waals surface area contributed by atoms with Gasteiger partial charge in [-0.25, -0.2) is 8.42 Å². The summed E-state index contributed by atoms with van der Waals surface area (Å²) in [7, 11) is -4.03. The van der Waals surface area contributed by atoms with Gasteiger partial charge in [-0.1, -0.05) is 87.1 Å². The molecule has 0 saturated heterocycles. The second kappa shape index (κ2) is 12.6. The van der Waals surface area contributed by atoms with E-state index in [9.17, 15) is 18.3 Å². The summed E-state index contributed by atoms with van der Waals surface area (Å²) >= 11 is 0. The predicted molar refractivity (Wildman–Crippen MR) is 121 cm³/mol. The van der Waals surface area contributed by atoms with Crippen LogP contribution in [0.2, 0.25) is 0 Å². The molecule has 0 bridgehead atoms. The van der Waals surface area contributed by atoms with E-state index in [-0.39, 0.29) is 11.5 Å². The van der Waals surface area contributed by atoms with Crippen LogP contribution < -0.4 is 4.72 Å². The molecule has 0 aliphatic carbocycles. The van der Waals surface area contributed by atoms with Crippen molar-refractivity contribution in [1.82, 2.24) is 4.72 Å². The third-order valence-electron chi connectivity index (χ3n) is 5.07. The molecule has 2 atom stereocenters. The second-order valence-corrected chi connectivity index (χ2v) is 9.42. The van der Waals surface area contributed by atoms with Crippen LogP contribution in [0.25, 0.3) is 0 Å². The van der Waals surface area contributed by atoms with Gasteiger partial charge in [0.05, 0.1) is 11.5 Å². The van der Waals surface area contributed by atoms with E-state index < -0.39 is 28.1 Å². The summed E-state index contributed by atoms with van der Waals surface area (Å²) in [5, 5.41) is 10.8. The van der Waals surface area contributed by atoms with Crippen LogP contribution in [-0.2, 0) is 19.6 Å². The second-order valence-electron chi connectivity index (χ2n) is 7.70. The van der Waals surface area contributed by atoms with Crippen LogP contribution in [-0.4, -0.2) is 32.1 Å². The molecular formula is C24H33NO5S. The Hall–Kier alpha value is -2.22. The highest BCUT2D eigenvalue weighted by Crippen LogP contribution is 2.20. The minimum Gasteiger partial charge on any atom is -0.464 e. The number of esters is 1. The lowest BCUT2D eigenvalue weighted by molar-refractivity contribution is -0.148. The van der Waals surface area contributed by atoms with E-state index in [1.54, 1.807) is 42.5 Å². The standard InChI is InChI=1S/C24H33NO5S/c1-3-4-5-6-7-11-18-30-24(27)22(23(26)20-12-9-8-10-13-20)25-31(28,29)21-16-14-19(2)15-17-21/h8-10,12-17,22-23,25-26H,3-7,11,18H2,1-2H3/t22-,23+/m0/s1. The normalized spacial score (nSPS) is 13.5. The minimum absolute atomic E-state index is 0.0204. The third kappa shape index (κ3) is 8.09. The number of nitrogens with one attached hydrogen (secondary N) is 1. The maximum Gasteiger partial charge on any atom is 0.327 e. The maximum absolute atomic E-state index is 12.8. The first kappa shape index (κ1) is 25.0. The fourth-order valence-electron chi connectivity index (χ4n) is 3.18. The Labute approximate surface area is 185 Å². The zero-order valence-corrected chi connectivity index (χ0v) is 19.1. The fraction of sp³-hybridized carbons (Fsp3) is 0.458. The van der Waals surface area contributed by atoms with Crippen LogP contribution in [0.4, 0.5) is 0 Å². The Balaban J connectivity index is 2.09. The van der Waals surface area contributed by atoms with Gasteiger partial charge in [-0.3, -0.25) is 4.79 Å². The molecule has 6 nitrogen and oxygen atoms in total. The zero-order chi connectivity index (χ0) is 22.7. The number of carbonyl (C=O) groups excluding carboxylic acids is 1. The van der Waals surface area contributed by atoms with Crippen molar-refractivity contribution in [1.29, 1.82) is 0 Å². The highest BCUT2D eigenvalue weighted by atomic mass is 32.2. The topological polar surface area (TPSA) is 92.7 Å². The first-order valence-electron chi connectivity index (χ1n) is 10.8. The van der Waals surface area contributed by atoms with E-state index in [1.807, 2.05) is 6.92 Å². The fourth-order valence-corrected chi connectivity index (χ4v) is 4.37. The number of sulfonamides is 1. The molecule has 0 unspecified atom stereocenters. The number of aliphatic hydroxyl groups is 1. The van der Waals surface area contributed by atoms with Crippen molar-refractivity contribution in [2.75, 3.05) is 6.61 Å². The van der Waals surface area contributed by atoms with Crippen LogP contribution in [0.15, 0.2) is 59.5 Å². The molecule has 2 N–H and O–H groups in total. The molecule has 2 rings (SSSR count). The Bertz CT molecular complexity index is 897. The molecule has 0 aliphatic heterocycles. The van der Waals surface area contributed by atoms with Crippen molar-refractivity contribution >= 4 is 16.0 Å². The van der Waals surface area contributed by atoms with Gasteiger partial charge in [-0.15, -0.1) is 0 Å². The van der Waals surface area contributed by atoms with Crippen molar-refractivity contribution in [2.45, 2.75) is 69.4 Å². The summed E-state index contributed by atoms with van der Waals surface area (Å²) in [6.45, 7) is 4.19. The van der Waals surface area contributed by atoms with Gasteiger partial charge in [0.1, 0.15) is 12.1 Å². The quantitative estimate of drug-likeness (QED) is 0.353. The molecule has 31 heavy (non-hydrogen) atoms. The lowest BCUT2D eigenvalue weighted by Crippen LogP contribution is -2.46. The molecular weight excluding hydrogens is 414 g/mol.